The van der Waals surface area contributed by atoms with Crippen LogP contribution in [0.5, 0.6) is 0 Å². The number of nitrogens with one attached hydrogen (secondary N) is 1. The molecule has 0 fully saturated rings. The molecule has 2 rings (SSSR count). The normalized spacial score (nSPS) is 10.2. The van der Waals surface area contributed by atoms with Crippen molar-refractivity contribution in [2.24, 2.45) is 0 Å². The maximum Gasteiger partial charge on any atom is 0.300 e. The summed E-state index contributed by atoms with van der Waals surface area (Å²) < 4.78 is 0.727. The molecule has 1 N–H and O–H groups in total. The molecule has 0 aliphatic heterocycles. The van der Waals surface area contributed by atoms with Crippen molar-refractivity contribution >= 4 is 55.6 Å². The Kier molecular flexibility index (Phi) is 4.08. The minimum Gasteiger partial charge on any atom is -0.298 e. The topological polar surface area (TPSA) is 98.0 Å². The number of halogens is 2. The van der Waals surface area contributed by atoms with Crippen LogP contribution in [0.15, 0.2) is 22.2 Å². The molecule has 98 valence electrons. The molecule has 10 heteroatoms. The molecule has 0 radical (unpaired) electrons. The van der Waals surface area contributed by atoms with E-state index in [0.29, 0.717) is 5.13 Å². The van der Waals surface area contributed by atoms with Gasteiger partial charge in [0, 0.05) is 0 Å². The quantitative estimate of drug-likeness (QED) is 0.513. The number of nitro groups is 1. The summed E-state index contributed by atoms with van der Waals surface area (Å²) in [7, 11) is 0. The van der Waals surface area contributed by atoms with E-state index in [2.05, 4.69) is 31.2 Å². The number of thiazole rings is 1. The fourth-order valence-electron chi connectivity index (χ4n) is 1.23. The smallest absolute Gasteiger partial charge is 0.298 e. The van der Waals surface area contributed by atoms with Gasteiger partial charge in [-0.15, -0.1) is 0 Å². The SMILES string of the molecule is O=C(Nc1ncc(Br)s1)c1cc(Cl)ncc1[N+](=O)[O-]. The first-order valence-electron chi connectivity index (χ1n) is 4.70. The Morgan fingerprint density at radius 3 is 2.79 bits per heavy atom. The predicted octanol–water partition coefficient (Wildman–Crippen LogP) is 3.11. The van der Waals surface area contributed by atoms with Gasteiger partial charge in [0.2, 0.25) is 0 Å². The highest BCUT2D eigenvalue weighted by Gasteiger charge is 2.22. The minimum absolute atomic E-state index is 0.00364. The van der Waals surface area contributed by atoms with E-state index in [4.69, 9.17) is 11.6 Å². The summed E-state index contributed by atoms with van der Waals surface area (Å²) in [5.41, 5.74) is -0.589. The third-order valence-corrected chi connectivity index (χ3v) is 3.59. The fraction of sp³-hybridized carbons (Fsp3) is 0. The average Bonchev–Trinajstić information content (AvgIpc) is 2.74. The van der Waals surface area contributed by atoms with Crippen LogP contribution in [0.4, 0.5) is 10.8 Å². The van der Waals surface area contributed by atoms with Gasteiger partial charge in [0.05, 0.1) is 14.9 Å². The van der Waals surface area contributed by atoms with Crippen molar-refractivity contribution in [3.63, 3.8) is 0 Å². The number of anilines is 1. The molecule has 0 aliphatic carbocycles. The highest BCUT2D eigenvalue weighted by atomic mass is 79.9. The molecule has 0 atom stereocenters. The monoisotopic (exact) mass is 362 g/mol. The van der Waals surface area contributed by atoms with Gasteiger partial charge in [0.25, 0.3) is 11.6 Å². The van der Waals surface area contributed by atoms with E-state index in [1.165, 1.54) is 17.5 Å². The van der Waals surface area contributed by atoms with E-state index >= 15 is 0 Å². The van der Waals surface area contributed by atoms with E-state index in [1.54, 1.807) is 0 Å². The summed E-state index contributed by atoms with van der Waals surface area (Å²) in [5.74, 6) is -0.669. The predicted molar refractivity (Wildman–Crippen MR) is 73.7 cm³/mol. The lowest BCUT2D eigenvalue weighted by molar-refractivity contribution is -0.385. The minimum atomic E-state index is -0.698. The van der Waals surface area contributed by atoms with Crippen LogP contribution < -0.4 is 5.32 Å². The second-order valence-corrected chi connectivity index (χ2v) is 6.00. The zero-order chi connectivity index (χ0) is 14.0. The molecule has 0 saturated heterocycles. The molecule has 7 nitrogen and oxygen atoms in total. The van der Waals surface area contributed by atoms with Crippen molar-refractivity contribution < 1.29 is 9.72 Å². The van der Waals surface area contributed by atoms with Gasteiger partial charge in [-0.05, 0) is 22.0 Å². The molecule has 2 aromatic rings. The Balaban J connectivity index is 2.32. The van der Waals surface area contributed by atoms with Crippen LogP contribution in [0.1, 0.15) is 10.4 Å². The summed E-state index contributed by atoms with van der Waals surface area (Å²) in [6.45, 7) is 0. The summed E-state index contributed by atoms with van der Waals surface area (Å²) >= 11 is 10.0. The first-order chi connectivity index (χ1) is 8.97. The molecule has 0 aromatic carbocycles. The van der Waals surface area contributed by atoms with Crippen LogP contribution in [0.3, 0.4) is 0 Å². The Bertz CT molecular complexity index is 663. The number of carbonyl (C=O) groups excluding carboxylic acids is 1. The molecule has 2 aromatic heterocycles. The van der Waals surface area contributed by atoms with E-state index in [-0.39, 0.29) is 10.7 Å². The second-order valence-electron chi connectivity index (χ2n) is 3.20. The maximum absolute atomic E-state index is 12.0. The number of carbonyl (C=O) groups is 1. The summed E-state index contributed by atoms with van der Waals surface area (Å²) in [4.78, 5) is 29.5. The van der Waals surface area contributed by atoms with Crippen LogP contribution in [0.2, 0.25) is 5.15 Å². The average molecular weight is 364 g/mol. The highest BCUT2D eigenvalue weighted by molar-refractivity contribution is 9.11. The van der Waals surface area contributed by atoms with Gasteiger partial charge < -0.3 is 0 Å². The molecule has 19 heavy (non-hydrogen) atoms. The maximum atomic E-state index is 12.0. The number of hydrogen-bond acceptors (Lipinski definition) is 6. The van der Waals surface area contributed by atoms with Crippen LogP contribution in [-0.2, 0) is 0 Å². The zero-order valence-electron chi connectivity index (χ0n) is 8.96. The van der Waals surface area contributed by atoms with Crippen LogP contribution in [0.25, 0.3) is 0 Å². The van der Waals surface area contributed by atoms with E-state index in [9.17, 15) is 14.9 Å². The second kappa shape index (κ2) is 5.59. The summed E-state index contributed by atoms with van der Waals surface area (Å²) in [6, 6.07) is 1.14. The van der Waals surface area contributed by atoms with Crippen LogP contribution >= 0.6 is 38.9 Å². The van der Waals surface area contributed by atoms with Crippen molar-refractivity contribution in [3.05, 3.63) is 43.1 Å². The third-order valence-electron chi connectivity index (χ3n) is 1.99. The molecule has 0 unspecified atom stereocenters. The number of nitrogens with zero attached hydrogens (tertiary/aromatic N) is 3. The van der Waals surface area contributed by atoms with Crippen molar-refractivity contribution in [2.45, 2.75) is 0 Å². The van der Waals surface area contributed by atoms with Gasteiger partial charge in [0.1, 0.15) is 16.9 Å². The number of rotatable bonds is 3. The first-order valence-corrected chi connectivity index (χ1v) is 6.68. The van der Waals surface area contributed by atoms with Crippen molar-refractivity contribution in [1.29, 1.82) is 0 Å². The lowest BCUT2D eigenvalue weighted by atomic mass is 10.2. The van der Waals surface area contributed by atoms with Crippen molar-refractivity contribution in [3.8, 4) is 0 Å². The standard InChI is InChI=1S/C9H4BrClN4O3S/c10-6-3-13-9(19-6)14-8(16)4-1-7(11)12-2-5(4)15(17)18/h1-3H,(H,13,14,16). The van der Waals surface area contributed by atoms with E-state index in [0.717, 1.165) is 16.0 Å². The molecule has 0 bridgehead atoms. The number of aromatic nitrogens is 2. The third kappa shape index (κ3) is 3.25. The first kappa shape index (κ1) is 13.8. The van der Waals surface area contributed by atoms with Gasteiger partial charge in [-0.3, -0.25) is 20.2 Å². The van der Waals surface area contributed by atoms with Crippen LogP contribution in [0, 0.1) is 10.1 Å². The molecule has 0 saturated carbocycles. The molecular formula is C9H4BrClN4O3S. The van der Waals surface area contributed by atoms with Crippen molar-refractivity contribution in [1.82, 2.24) is 9.97 Å². The zero-order valence-corrected chi connectivity index (χ0v) is 12.1. The number of pyridine rings is 1. The largest absolute Gasteiger partial charge is 0.300 e. The lowest BCUT2D eigenvalue weighted by Gasteiger charge is -2.02. The van der Waals surface area contributed by atoms with Gasteiger partial charge in [0.15, 0.2) is 5.13 Å². The van der Waals surface area contributed by atoms with Gasteiger partial charge in [-0.1, -0.05) is 22.9 Å². The molecule has 1 amide bonds. The molecular weight excluding hydrogens is 360 g/mol. The van der Waals surface area contributed by atoms with Crippen LogP contribution in [-0.4, -0.2) is 20.8 Å². The Labute approximate surface area is 123 Å². The summed E-state index contributed by atoms with van der Waals surface area (Å²) in [5, 5.41) is 13.6. The molecule has 2 heterocycles. The number of hydrogen-bond donors (Lipinski definition) is 1. The van der Waals surface area contributed by atoms with E-state index in [1.807, 2.05) is 0 Å². The van der Waals surface area contributed by atoms with Gasteiger partial charge in [-0.25, -0.2) is 9.97 Å². The fourth-order valence-corrected chi connectivity index (χ4v) is 2.49. The highest BCUT2D eigenvalue weighted by Crippen LogP contribution is 2.25. The molecule has 0 aliphatic rings. The van der Waals surface area contributed by atoms with Gasteiger partial charge >= 0.3 is 0 Å². The molecule has 0 spiro atoms. The van der Waals surface area contributed by atoms with Gasteiger partial charge in [-0.2, -0.15) is 0 Å². The Hall–Kier alpha value is -1.58. The van der Waals surface area contributed by atoms with Crippen molar-refractivity contribution in [2.75, 3.05) is 5.32 Å². The Morgan fingerprint density at radius 2 is 2.21 bits per heavy atom. The Morgan fingerprint density at radius 1 is 1.47 bits per heavy atom. The van der Waals surface area contributed by atoms with E-state index < -0.39 is 16.5 Å². The number of amides is 1. The summed E-state index contributed by atoms with van der Waals surface area (Å²) in [6.07, 6.45) is 2.45. The lowest BCUT2D eigenvalue weighted by Crippen LogP contribution is -2.14.